The minimum atomic E-state index is 1.22. The van der Waals surface area contributed by atoms with Crippen LogP contribution in [0.4, 0.5) is 0 Å². The van der Waals surface area contributed by atoms with E-state index in [4.69, 9.17) is 0 Å². The molecule has 39 heavy (non-hydrogen) atoms. The van der Waals surface area contributed by atoms with Crippen LogP contribution in [-0.2, 0) is 7.05 Å². The molecule has 0 spiro atoms. The van der Waals surface area contributed by atoms with E-state index in [9.17, 15) is 0 Å². The molecule has 7 rings (SSSR count). The summed E-state index contributed by atoms with van der Waals surface area (Å²) in [4.78, 5) is 0. The summed E-state index contributed by atoms with van der Waals surface area (Å²) in [6.07, 6.45) is 0. The summed E-state index contributed by atoms with van der Waals surface area (Å²) < 4.78 is 2.33. The molecule has 0 saturated heterocycles. The van der Waals surface area contributed by atoms with Crippen LogP contribution in [0.3, 0.4) is 0 Å². The average Bonchev–Trinajstić information content (AvgIpc) is 3.29. The number of fused-ring (bicyclic) bond motifs is 3. The lowest BCUT2D eigenvalue weighted by Crippen LogP contribution is -1.90. The van der Waals surface area contributed by atoms with Gasteiger partial charge in [-0.3, -0.25) is 0 Å². The van der Waals surface area contributed by atoms with Crippen molar-refractivity contribution in [2.75, 3.05) is 0 Å². The highest BCUT2D eigenvalue weighted by molar-refractivity contribution is 6.12. The fourth-order valence-electron chi connectivity index (χ4n) is 5.98. The quantitative estimate of drug-likeness (QED) is 0.227. The first-order chi connectivity index (χ1) is 19.2. The van der Waals surface area contributed by atoms with Crippen molar-refractivity contribution in [1.29, 1.82) is 0 Å². The molecule has 7 aromatic rings. The molecule has 1 heteroatoms. The molecule has 0 atom stereocenters. The van der Waals surface area contributed by atoms with Crippen LogP contribution in [0.2, 0.25) is 0 Å². The Bertz CT molecular complexity index is 1990. The van der Waals surface area contributed by atoms with Crippen molar-refractivity contribution < 1.29 is 0 Å². The fraction of sp³-hybridized carbons (Fsp3) is 0.0526. The van der Waals surface area contributed by atoms with Crippen molar-refractivity contribution in [3.63, 3.8) is 0 Å². The Morgan fingerprint density at radius 3 is 1.54 bits per heavy atom. The number of hydrogen-bond donors (Lipinski definition) is 0. The molecule has 0 aliphatic heterocycles. The SMILES string of the molecule is Cc1ccccc1-c1cccc(-c2cccc(-c3cccc(-c4cccc5c6ccccc6n(C)c45)c3)c2)c1. The van der Waals surface area contributed by atoms with Gasteiger partial charge in [-0.1, -0.05) is 115 Å². The minimum absolute atomic E-state index is 1.22. The van der Waals surface area contributed by atoms with Gasteiger partial charge in [0, 0.05) is 28.9 Å². The van der Waals surface area contributed by atoms with Crippen molar-refractivity contribution in [3.05, 3.63) is 145 Å². The van der Waals surface area contributed by atoms with Crippen LogP contribution in [0, 0.1) is 6.92 Å². The molecular formula is C38H29N. The lowest BCUT2D eigenvalue weighted by atomic mass is 9.93. The zero-order valence-electron chi connectivity index (χ0n) is 22.2. The second-order valence-electron chi connectivity index (χ2n) is 10.3. The number of benzene rings is 6. The van der Waals surface area contributed by atoms with Crippen LogP contribution < -0.4 is 0 Å². The van der Waals surface area contributed by atoms with Crippen LogP contribution in [0.15, 0.2) is 140 Å². The Kier molecular flexibility index (Phi) is 5.64. The molecule has 0 unspecified atom stereocenters. The van der Waals surface area contributed by atoms with Crippen molar-refractivity contribution in [1.82, 2.24) is 4.57 Å². The minimum Gasteiger partial charge on any atom is -0.343 e. The third-order valence-corrected chi connectivity index (χ3v) is 7.95. The van der Waals surface area contributed by atoms with Crippen LogP contribution in [0.25, 0.3) is 66.3 Å². The van der Waals surface area contributed by atoms with Crippen LogP contribution in [0.1, 0.15) is 5.56 Å². The predicted octanol–water partition coefficient (Wildman–Crippen LogP) is 10.3. The summed E-state index contributed by atoms with van der Waals surface area (Å²) in [5.74, 6) is 0. The molecule has 0 aliphatic carbocycles. The van der Waals surface area contributed by atoms with Gasteiger partial charge in [-0.05, 0) is 75.7 Å². The van der Waals surface area contributed by atoms with Crippen LogP contribution in [0.5, 0.6) is 0 Å². The zero-order chi connectivity index (χ0) is 26.3. The second-order valence-corrected chi connectivity index (χ2v) is 10.3. The molecule has 0 N–H and O–H groups in total. The third-order valence-electron chi connectivity index (χ3n) is 7.95. The largest absolute Gasteiger partial charge is 0.343 e. The number of aromatic nitrogens is 1. The van der Waals surface area contributed by atoms with Gasteiger partial charge in [0.25, 0.3) is 0 Å². The third kappa shape index (κ3) is 4.04. The normalized spacial score (nSPS) is 11.3. The standard InChI is InChI=1S/C38H29N/c1-26-11-3-4-18-33(26)31-16-8-14-29(24-31)27-12-7-13-28(23-27)30-15-9-17-32(25-30)34-20-10-21-36-35-19-5-6-22-37(35)39(2)38(34)36/h3-25H,1-2H3. The van der Waals surface area contributed by atoms with E-state index in [2.05, 4.69) is 158 Å². The van der Waals surface area contributed by atoms with Crippen molar-refractivity contribution >= 4 is 21.8 Å². The maximum absolute atomic E-state index is 2.33. The van der Waals surface area contributed by atoms with Crippen molar-refractivity contribution in [2.45, 2.75) is 6.92 Å². The zero-order valence-corrected chi connectivity index (χ0v) is 22.2. The monoisotopic (exact) mass is 499 g/mol. The van der Waals surface area contributed by atoms with Gasteiger partial charge in [-0.2, -0.15) is 0 Å². The summed E-state index contributed by atoms with van der Waals surface area (Å²) in [6.45, 7) is 2.17. The topological polar surface area (TPSA) is 4.93 Å². The highest BCUT2D eigenvalue weighted by Gasteiger charge is 2.13. The summed E-state index contributed by atoms with van der Waals surface area (Å²) >= 11 is 0. The Morgan fingerprint density at radius 1 is 0.410 bits per heavy atom. The lowest BCUT2D eigenvalue weighted by Gasteiger charge is -2.11. The molecule has 0 radical (unpaired) electrons. The molecule has 1 nitrogen and oxygen atoms in total. The first-order valence-electron chi connectivity index (χ1n) is 13.5. The molecule has 0 aliphatic rings. The van der Waals surface area contributed by atoms with E-state index in [1.807, 2.05) is 0 Å². The maximum Gasteiger partial charge on any atom is 0.0568 e. The van der Waals surface area contributed by atoms with E-state index in [1.165, 1.54) is 71.9 Å². The van der Waals surface area contributed by atoms with E-state index in [-0.39, 0.29) is 0 Å². The van der Waals surface area contributed by atoms with Crippen LogP contribution in [-0.4, -0.2) is 4.57 Å². The van der Waals surface area contributed by atoms with E-state index in [1.54, 1.807) is 0 Å². The van der Waals surface area contributed by atoms with Gasteiger partial charge in [0.1, 0.15) is 0 Å². The van der Waals surface area contributed by atoms with E-state index >= 15 is 0 Å². The Hall–Kier alpha value is -4.88. The highest BCUT2D eigenvalue weighted by atomic mass is 14.9. The second kappa shape index (κ2) is 9.45. The number of hydrogen-bond acceptors (Lipinski definition) is 0. The summed E-state index contributed by atoms with van der Waals surface area (Å²) in [5.41, 5.74) is 13.8. The lowest BCUT2D eigenvalue weighted by molar-refractivity contribution is 1.02. The first kappa shape index (κ1) is 23.3. The summed E-state index contributed by atoms with van der Waals surface area (Å²) in [6, 6.07) is 50.6. The van der Waals surface area contributed by atoms with E-state index < -0.39 is 0 Å². The Morgan fingerprint density at radius 2 is 0.872 bits per heavy atom. The molecule has 0 fully saturated rings. The van der Waals surface area contributed by atoms with Crippen molar-refractivity contribution in [2.24, 2.45) is 7.05 Å². The van der Waals surface area contributed by atoms with Gasteiger partial charge in [0.05, 0.1) is 5.52 Å². The molecule has 1 aromatic heterocycles. The molecule has 6 aromatic carbocycles. The highest BCUT2D eigenvalue weighted by Crippen LogP contribution is 2.37. The molecular weight excluding hydrogens is 470 g/mol. The Balaban J connectivity index is 1.30. The molecule has 186 valence electrons. The number of rotatable bonds is 4. The van der Waals surface area contributed by atoms with E-state index in [0.29, 0.717) is 0 Å². The number of para-hydroxylation sites is 2. The molecule has 0 amide bonds. The van der Waals surface area contributed by atoms with Gasteiger partial charge in [0.15, 0.2) is 0 Å². The molecule has 0 saturated carbocycles. The van der Waals surface area contributed by atoms with E-state index in [0.717, 1.165) is 0 Å². The van der Waals surface area contributed by atoms with Gasteiger partial charge in [-0.25, -0.2) is 0 Å². The van der Waals surface area contributed by atoms with Crippen molar-refractivity contribution in [3.8, 4) is 44.5 Å². The number of aryl methyl sites for hydroxylation is 2. The smallest absolute Gasteiger partial charge is 0.0568 e. The van der Waals surface area contributed by atoms with Gasteiger partial charge in [-0.15, -0.1) is 0 Å². The summed E-state index contributed by atoms with van der Waals surface area (Å²) in [7, 11) is 2.17. The van der Waals surface area contributed by atoms with Gasteiger partial charge < -0.3 is 4.57 Å². The van der Waals surface area contributed by atoms with Crippen LogP contribution >= 0.6 is 0 Å². The molecule has 0 bridgehead atoms. The average molecular weight is 500 g/mol. The number of nitrogens with zero attached hydrogens (tertiary/aromatic N) is 1. The van der Waals surface area contributed by atoms with Gasteiger partial charge >= 0.3 is 0 Å². The maximum atomic E-state index is 2.33. The predicted molar refractivity (Wildman–Crippen MR) is 167 cm³/mol. The van der Waals surface area contributed by atoms with Gasteiger partial charge in [0.2, 0.25) is 0 Å². The Labute approximate surface area is 229 Å². The first-order valence-corrected chi connectivity index (χ1v) is 13.5. The molecule has 1 heterocycles. The summed E-state index contributed by atoms with van der Waals surface area (Å²) in [5, 5.41) is 2.60. The fourth-order valence-corrected chi connectivity index (χ4v) is 5.98.